The molecule has 1 saturated carbocycles. The molecule has 1 aliphatic rings. The summed E-state index contributed by atoms with van der Waals surface area (Å²) in [5, 5.41) is 16.4. The van der Waals surface area contributed by atoms with Gasteiger partial charge in [-0.1, -0.05) is 25.3 Å². The first-order chi connectivity index (χ1) is 12.4. The number of hydrogen-bond acceptors (Lipinski definition) is 6. The van der Waals surface area contributed by atoms with Gasteiger partial charge in [0.1, 0.15) is 11.4 Å². The van der Waals surface area contributed by atoms with Gasteiger partial charge in [0.25, 0.3) is 16.8 Å². The number of nitrogens with one attached hydrogen (secondary N) is 2. The Morgan fingerprint density at radius 2 is 1.77 bits per heavy atom. The van der Waals surface area contributed by atoms with Crippen LogP contribution in [0.25, 0.3) is 0 Å². The summed E-state index contributed by atoms with van der Waals surface area (Å²) in [4.78, 5) is 37.4. The number of amides is 1. The summed E-state index contributed by atoms with van der Waals surface area (Å²) in [7, 11) is 3.18. The molecule has 142 valence electrons. The molecule has 7 nitrogen and oxygen atoms in total. The second-order valence-corrected chi connectivity index (χ2v) is 6.91. The molecular formula is C19H27N3O4. The van der Waals surface area contributed by atoms with Crippen molar-refractivity contribution in [1.82, 2.24) is 4.90 Å². The minimum atomic E-state index is -0.618. The van der Waals surface area contributed by atoms with Gasteiger partial charge in [0.15, 0.2) is 5.75 Å². The van der Waals surface area contributed by atoms with Gasteiger partial charge in [-0.15, -0.1) is 0 Å². The van der Waals surface area contributed by atoms with Gasteiger partial charge in [0, 0.05) is 23.0 Å². The second-order valence-electron chi connectivity index (χ2n) is 6.91. The highest BCUT2D eigenvalue weighted by atomic mass is 16.3. The van der Waals surface area contributed by atoms with E-state index in [1.807, 2.05) is 0 Å². The Kier molecular flexibility index (Phi) is 4.97. The van der Waals surface area contributed by atoms with Crippen LogP contribution in [0.1, 0.15) is 45.3 Å². The number of carbonyl (C=O) groups is 1. The number of nitrogens with zero attached hydrogens (tertiary/aromatic N) is 1. The molecule has 3 rings (SSSR count). The Morgan fingerprint density at radius 1 is 1.12 bits per heavy atom. The van der Waals surface area contributed by atoms with E-state index in [4.69, 9.17) is 0 Å². The monoisotopic (exact) mass is 361 g/mol. The first-order valence-electron chi connectivity index (χ1n) is 8.80. The molecule has 1 aliphatic carbocycles. The number of benzene rings is 1. The van der Waals surface area contributed by atoms with Crippen LogP contribution in [0.4, 0.5) is 17.1 Å². The number of rotatable bonds is 5. The molecule has 0 aromatic heterocycles. The summed E-state index contributed by atoms with van der Waals surface area (Å²) in [6, 6.07) is 4.86. The smallest absolute Gasteiger partial charge is 0.257 e. The van der Waals surface area contributed by atoms with E-state index in [0.717, 1.165) is 25.7 Å². The molecule has 26 heavy (non-hydrogen) atoms. The second kappa shape index (κ2) is 7.19. The van der Waals surface area contributed by atoms with Crippen molar-refractivity contribution in [3.8, 4) is 5.75 Å². The molecule has 0 radical (unpaired) electrons. The Balaban J connectivity index is 0.00000196. The first kappa shape index (κ1) is 18.0. The summed E-state index contributed by atoms with van der Waals surface area (Å²) >= 11 is 0. The van der Waals surface area contributed by atoms with Crippen molar-refractivity contribution in [3.05, 3.63) is 44.2 Å². The maximum absolute atomic E-state index is 12.1. The summed E-state index contributed by atoms with van der Waals surface area (Å²) in [5.41, 5.74) is -0.405. The van der Waals surface area contributed by atoms with E-state index < -0.39 is 10.9 Å². The number of aromatic hydroxyl groups is 1. The Hall–Kier alpha value is -2.83. The summed E-state index contributed by atoms with van der Waals surface area (Å²) in [5.74, 6) is -0.598. The molecular weight excluding hydrogens is 334 g/mol. The molecule has 0 bridgehead atoms. The topological polar surface area (TPSA) is 98.7 Å². The van der Waals surface area contributed by atoms with E-state index in [-0.39, 0.29) is 43.2 Å². The average molecular weight is 361 g/mol. The quantitative estimate of drug-likeness (QED) is 0.559. The number of anilines is 3. The molecule has 1 amide bonds. The van der Waals surface area contributed by atoms with Gasteiger partial charge in [-0.3, -0.25) is 14.4 Å². The predicted molar refractivity (Wildman–Crippen MR) is 105 cm³/mol. The lowest BCUT2D eigenvalue weighted by atomic mass is 9.95. The van der Waals surface area contributed by atoms with E-state index in [0.29, 0.717) is 0 Å². The summed E-state index contributed by atoms with van der Waals surface area (Å²) in [6.07, 6.45) is 5.33. The Morgan fingerprint density at radius 3 is 2.42 bits per heavy atom. The highest BCUT2D eigenvalue weighted by molar-refractivity contribution is 5.99. The third-order valence-corrected chi connectivity index (χ3v) is 4.80. The molecule has 1 fully saturated rings. The van der Waals surface area contributed by atoms with Gasteiger partial charge in [0.05, 0.1) is 11.3 Å². The third-order valence-electron chi connectivity index (χ3n) is 4.80. The zero-order chi connectivity index (χ0) is 18.8. The van der Waals surface area contributed by atoms with Crippen LogP contribution in [-0.4, -0.2) is 36.1 Å². The van der Waals surface area contributed by atoms with Crippen molar-refractivity contribution in [2.24, 2.45) is 0 Å². The fraction of sp³-hybridized carbons (Fsp3) is 0.421. The number of phenols is 1. The first-order valence-corrected chi connectivity index (χ1v) is 8.80. The van der Waals surface area contributed by atoms with Crippen molar-refractivity contribution >= 4 is 23.0 Å². The molecule has 0 spiro atoms. The lowest BCUT2D eigenvalue weighted by molar-refractivity contribution is 0.0824. The van der Waals surface area contributed by atoms with Crippen LogP contribution in [0.3, 0.4) is 0 Å². The number of para-hydroxylation sites is 1. The standard InChI is InChI=1S/C19H23N3O4.2H2/c1-22(2)19(26)12-9-6-10-13(16(12)23)21-15-14(17(24)18(15)25)20-11-7-4-3-5-8-11;;/h6,9-11,20-21,23H,3-5,7-8H2,1-2H3;2*1H. The van der Waals surface area contributed by atoms with Crippen molar-refractivity contribution in [3.63, 3.8) is 0 Å². The molecule has 2 aromatic carbocycles. The molecule has 0 atom stereocenters. The minimum Gasteiger partial charge on any atom is -0.505 e. The predicted octanol–water partition coefficient (Wildman–Crippen LogP) is 2.67. The highest BCUT2D eigenvalue weighted by Gasteiger charge is 2.25. The van der Waals surface area contributed by atoms with Gasteiger partial charge in [-0.05, 0) is 25.0 Å². The van der Waals surface area contributed by atoms with Gasteiger partial charge in [-0.2, -0.15) is 0 Å². The van der Waals surface area contributed by atoms with E-state index in [9.17, 15) is 19.5 Å². The molecule has 0 unspecified atom stereocenters. The van der Waals surface area contributed by atoms with E-state index in [1.165, 1.54) is 17.4 Å². The number of carbonyl (C=O) groups excluding carboxylic acids is 1. The molecule has 0 saturated heterocycles. The highest BCUT2D eigenvalue weighted by Crippen LogP contribution is 2.32. The van der Waals surface area contributed by atoms with Crippen molar-refractivity contribution in [2.75, 3.05) is 24.7 Å². The number of phenolic OH excluding ortho intramolecular Hbond substituents is 1. The van der Waals surface area contributed by atoms with Crippen molar-refractivity contribution in [2.45, 2.75) is 38.1 Å². The molecule has 7 heteroatoms. The largest absolute Gasteiger partial charge is 0.505 e. The Labute approximate surface area is 154 Å². The zero-order valence-corrected chi connectivity index (χ0v) is 15.0. The molecule has 0 aliphatic heterocycles. The fourth-order valence-electron chi connectivity index (χ4n) is 3.29. The normalized spacial score (nSPS) is 15.0. The van der Waals surface area contributed by atoms with Crippen LogP contribution >= 0.6 is 0 Å². The maximum atomic E-state index is 12.1. The SMILES string of the molecule is CN(C)C(=O)c1cccc(Nc2c(NC3CCCCC3)c(=O)c2=O)c1O.[HH].[HH]. The van der Waals surface area contributed by atoms with Crippen molar-refractivity contribution < 1.29 is 12.8 Å². The molecule has 0 heterocycles. The van der Waals surface area contributed by atoms with E-state index >= 15 is 0 Å². The fourth-order valence-corrected chi connectivity index (χ4v) is 3.29. The summed E-state index contributed by atoms with van der Waals surface area (Å²) < 4.78 is 0. The van der Waals surface area contributed by atoms with Crippen molar-refractivity contribution in [1.29, 1.82) is 0 Å². The van der Waals surface area contributed by atoms with Gasteiger partial charge >= 0.3 is 0 Å². The minimum absolute atomic E-state index is 0. The average Bonchev–Trinajstić information content (AvgIpc) is 2.65. The lowest BCUT2D eigenvalue weighted by Crippen LogP contribution is -2.39. The van der Waals surface area contributed by atoms with Crippen LogP contribution in [0, 0.1) is 0 Å². The molecule has 2 aromatic rings. The lowest BCUT2D eigenvalue weighted by Gasteiger charge is -2.25. The maximum Gasteiger partial charge on any atom is 0.257 e. The third kappa shape index (κ3) is 3.29. The summed E-state index contributed by atoms with van der Waals surface area (Å²) in [6.45, 7) is 0. The van der Waals surface area contributed by atoms with Crippen LogP contribution in [0.15, 0.2) is 27.8 Å². The molecule has 3 N–H and O–H groups in total. The van der Waals surface area contributed by atoms with Gasteiger partial charge in [-0.25, -0.2) is 0 Å². The van der Waals surface area contributed by atoms with Crippen LogP contribution in [-0.2, 0) is 0 Å². The zero-order valence-electron chi connectivity index (χ0n) is 15.0. The van der Waals surface area contributed by atoms with Crippen LogP contribution in [0.5, 0.6) is 5.75 Å². The van der Waals surface area contributed by atoms with Crippen LogP contribution in [0.2, 0.25) is 0 Å². The van der Waals surface area contributed by atoms with E-state index in [2.05, 4.69) is 10.6 Å². The van der Waals surface area contributed by atoms with Gasteiger partial charge < -0.3 is 20.6 Å². The van der Waals surface area contributed by atoms with E-state index in [1.54, 1.807) is 26.2 Å². The Bertz CT molecular complexity index is 901. The number of hydrogen-bond donors (Lipinski definition) is 3. The van der Waals surface area contributed by atoms with Gasteiger partial charge in [0.2, 0.25) is 0 Å². The van der Waals surface area contributed by atoms with Crippen LogP contribution < -0.4 is 21.5 Å².